The second kappa shape index (κ2) is 11.3. The van der Waals surface area contributed by atoms with Crippen molar-refractivity contribution in [2.75, 3.05) is 12.4 Å². The average Bonchev–Trinajstić information content (AvgIpc) is 2.63. The molecule has 0 aliphatic carbocycles. The summed E-state index contributed by atoms with van der Waals surface area (Å²) in [6, 6.07) is 6.49. The standard InChI is InChI=1S/C24H34N2/c1-8-20(15-13-18(3)4)24-21(11-10-12-23(24)26-7)17-19(5)14-16-22(9-2)25-6/h8,10-12,18,26H,2,5-6,13-17H2,1,3-4,7H3/b20-8-. The van der Waals surface area contributed by atoms with Gasteiger partial charge in [0.05, 0.1) is 5.70 Å². The van der Waals surface area contributed by atoms with Gasteiger partial charge in [-0.15, -0.1) is 5.73 Å². The molecule has 0 saturated carbocycles. The number of hydrogen-bond donors (Lipinski definition) is 1. The van der Waals surface area contributed by atoms with Gasteiger partial charge in [-0.1, -0.05) is 50.8 Å². The zero-order chi connectivity index (χ0) is 19.5. The minimum Gasteiger partial charge on any atom is -0.388 e. The van der Waals surface area contributed by atoms with E-state index in [1.54, 1.807) is 0 Å². The lowest BCUT2D eigenvalue weighted by Gasteiger charge is -2.19. The van der Waals surface area contributed by atoms with Crippen LogP contribution in [0.15, 0.2) is 59.4 Å². The Morgan fingerprint density at radius 3 is 2.54 bits per heavy atom. The van der Waals surface area contributed by atoms with E-state index in [0.717, 1.165) is 31.4 Å². The molecule has 2 heteroatoms. The Morgan fingerprint density at radius 1 is 1.27 bits per heavy atom. The molecule has 0 radical (unpaired) electrons. The summed E-state index contributed by atoms with van der Waals surface area (Å²) in [5.41, 5.74) is 10.1. The summed E-state index contributed by atoms with van der Waals surface area (Å²) in [5, 5.41) is 3.36. The van der Waals surface area contributed by atoms with Gasteiger partial charge < -0.3 is 5.32 Å². The summed E-state index contributed by atoms with van der Waals surface area (Å²) < 4.78 is 0. The van der Waals surface area contributed by atoms with Crippen LogP contribution in [-0.4, -0.2) is 13.8 Å². The highest BCUT2D eigenvalue weighted by atomic mass is 14.8. The number of allylic oxidation sites excluding steroid dienone is 4. The van der Waals surface area contributed by atoms with Crippen molar-refractivity contribution in [3.05, 3.63) is 65.6 Å². The lowest BCUT2D eigenvalue weighted by atomic mass is 9.89. The van der Waals surface area contributed by atoms with E-state index >= 15 is 0 Å². The Morgan fingerprint density at radius 2 is 2.00 bits per heavy atom. The second-order valence-corrected chi connectivity index (χ2v) is 7.04. The first-order valence-corrected chi connectivity index (χ1v) is 9.44. The number of benzene rings is 1. The molecule has 1 N–H and O–H groups in total. The van der Waals surface area contributed by atoms with Crippen LogP contribution in [0.2, 0.25) is 0 Å². The fourth-order valence-electron chi connectivity index (χ4n) is 3.07. The van der Waals surface area contributed by atoms with Crippen molar-refractivity contribution in [1.82, 2.24) is 0 Å². The SMILES string of the molecule is C=C=C(CCC(=C)Cc1cccc(NC)c1/C(=C\C)CCC(C)C)N=C. The van der Waals surface area contributed by atoms with Crippen LogP contribution >= 0.6 is 0 Å². The molecule has 0 spiro atoms. The van der Waals surface area contributed by atoms with Gasteiger partial charge in [-0.05, 0) is 62.4 Å². The van der Waals surface area contributed by atoms with Gasteiger partial charge in [0.25, 0.3) is 0 Å². The van der Waals surface area contributed by atoms with Gasteiger partial charge in [-0.3, -0.25) is 4.99 Å². The van der Waals surface area contributed by atoms with Crippen molar-refractivity contribution in [2.24, 2.45) is 10.9 Å². The molecular weight excluding hydrogens is 316 g/mol. The fourth-order valence-corrected chi connectivity index (χ4v) is 3.07. The zero-order valence-electron chi connectivity index (χ0n) is 17.0. The molecule has 0 atom stereocenters. The first kappa shape index (κ1) is 21.7. The molecule has 1 rings (SSSR count). The maximum absolute atomic E-state index is 4.28. The molecule has 1 aromatic rings. The summed E-state index contributed by atoms with van der Waals surface area (Å²) >= 11 is 0. The van der Waals surface area contributed by atoms with Crippen LogP contribution in [0, 0.1) is 5.92 Å². The molecule has 0 aliphatic rings. The lowest BCUT2D eigenvalue weighted by Crippen LogP contribution is -2.03. The molecule has 0 bridgehead atoms. The Balaban J connectivity index is 3.06. The summed E-state index contributed by atoms with van der Waals surface area (Å²) in [6.45, 7) is 18.2. The summed E-state index contributed by atoms with van der Waals surface area (Å²) in [7, 11) is 1.99. The largest absolute Gasteiger partial charge is 0.388 e. The maximum Gasteiger partial charge on any atom is 0.0810 e. The zero-order valence-corrected chi connectivity index (χ0v) is 17.0. The van der Waals surface area contributed by atoms with Crippen molar-refractivity contribution in [2.45, 2.75) is 52.9 Å². The van der Waals surface area contributed by atoms with E-state index in [1.165, 1.54) is 34.4 Å². The average molecular weight is 351 g/mol. The molecule has 0 aliphatic heterocycles. The molecule has 26 heavy (non-hydrogen) atoms. The van der Waals surface area contributed by atoms with Gasteiger partial charge in [0, 0.05) is 24.7 Å². The molecular formula is C24H34N2. The summed E-state index contributed by atoms with van der Waals surface area (Å²) in [5.74, 6) is 0.695. The Kier molecular flexibility index (Phi) is 9.47. The Bertz CT molecular complexity index is 701. The van der Waals surface area contributed by atoms with Gasteiger partial charge in [-0.25, -0.2) is 0 Å². The summed E-state index contributed by atoms with van der Waals surface area (Å²) in [6.07, 6.45) is 7.07. The molecule has 0 aromatic heterocycles. The number of aliphatic imine (C=N–C) groups is 1. The second-order valence-electron chi connectivity index (χ2n) is 7.04. The van der Waals surface area contributed by atoms with Crippen LogP contribution < -0.4 is 5.32 Å². The highest BCUT2D eigenvalue weighted by Crippen LogP contribution is 2.33. The van der Waals surface area contributed by atoms with Crippen LogP contribution in [0.4, 0.5) is 5.69 Å². The quantitative estimate of drug-likeness (QED) is 0.264. The first-order chi connectivity index (χ1) is 12.5. The number of nitrogens with zero attached hydrogens (tertiary/aromatic N) is 1. The number of rotatable bonds is 11. The fraction of sp³-hybridized carbons (Fsp3) is 0.417. The van der Waals surface area contributed by atoms with E-state index in [4.69, 9.17) is 0 Å². The van der Waals surface area contributed by atoms with E-state index in [9.17, 15) is 0 Å². The molecule has 1 aromatic carbocycles. The van der Waals surface area contributed by atoms with E-state index in [0.29, 0.717) is 5.92 Å². The molecule has 0 unspecified atom stereocenters. The smallest absolute Gasteiger partial charge is 0.0810 e. The van der Waals surface area contributed by atoms with E-state index in [2.05, 4.69) is 81.0 Å². The van der Waals surface area contributed by atoms with Crippen LogP contribution in [0.5, 0.6) is 0 Å². The lowest BCUT2D eigenvalue weighted by molar-refractivity contribution is 0.598. The maximum atomic E-state index is 4.28. The highest BCUT2D eigenvalue weighted by Gasteiger charge is 2.13. The van der Waals surface area contributed by atoms with Crippen molar-refractivity contribution < 1.29 is 0 Å². The molecule has 0 saturated heterocycles. The van der Waals surface area contributed by atoms with Gasteiger partial charge in [0.1, 0.15) is 0 Å². The summed E-state index contributed by atoms with van der Waals surface area (Å²) in [4.78, 5) is 3.95. The third-order valence-electron chi connectivity index (χ3n) is 4.63. The number of anilines is 1. The van der Waals surface area contributed by atoms with Crippen molar-refractivity contribution in [1.29, 1.82) is 0 Å². The topological polar surface area (TPSA) is 24.4 Å². The van der Waals surface area contributed by atoms with E-state index < -0.39 is 0 Å². The van der Waals surface area contributed by atoms with Crippen LogP contribution in [-0.2, 0) is 6.42 Å². The molecule has 0 amide bonds. The normalized spacial score (nSPS) is 11.2. The van der Waals surface area contributed by atoms with E-state index in [-0.39, 0.29) is 0 Å². The molecule has 140 valence electrons. The molecule has 2 nitrogen and oxygen atoms in total. The molecule has 0 heterocycles. The Hall–Kier alpha value is -2.31. The van der Waals surface area contributed by atoms with Gasteiger partial charge >= 0.3 is 0 Å². The Labute approximate surface area is 160 Å². The van der Waals surface area contributed by atoms with Crippen molar-refractivity contribution >= 4 is 18.0 Å². The molecule has 0 fully saturated rings. The van der Waals surface area contributed by atoms with Crippen LogP contribution in [0.3, 0.4) is 0 Å². The highest BCUT2D eigenvalue weighted by molar-refractivity contribution is 5.79. The van der Waals surface area contributed by atoms with Crippen molar-refractivity contribution in [3.8, 4) is 0 Å². The number of hydrogen-bond acceptors (Lipinski definition) is 2. The first-order valence-electron chi connectivity index (χ1n) is 9.44. The van der Waals surface area contributed by atoms with Gasteiger partial charge in [0.2, 0.25) is 0 Å². The predicted octanol–water partition coefficient (Wildman–Crippen LogP) is 6.82. The number of nitrogens with one attached hydrogen (secondary N) is 1. The van der Waals surface area contributed by atoms with Crippen LogP contribution in [0.25, 0.3) is 5.57 Å². The third-order valence-corrected chi connectivity index (χ3v) is 4.63. The van der Waals surface area contributed by atoms with Gasteiger partial charge in [-0.2, -0.15) is 0 Å². The third kappa shape index (κ3) is 6.54. The monoisotopic (exact) mass is 350 g/mol. The predicted molar refractivity (Wildman–Crippen MR) is 118 cm³/mol. The minimum atomic E-state index is 0.695. The van der Waals surface area contributed by atoms with Gasteiger partial charge in [0.15, 0.2) is 0 Å². The van der Waals surface area contributed by atoms with E-state index in [1.807, 2.05) is 7.05 Å². The van der Waals surface area contributed by atoms with Crippen molar-refractivity contribution in [3.63, 3.8) is 0 Å². The minimum absolute atomic E-state index is 0.695. The van der Waals surface area contributed by atoms with Crippen LogP contribution in [0.1, 0.15) is 57.6 Å².